The van der Waals surface area contributed by atoms with Gasteiger partial charge in [-0.3, -0.25) is 13.9 Å². The molecule has 1 aliphatic rings. The molecule has 0 aromatic heterocycles. The monoisotopic (exact) mass is 463 g/mol. The van der Waals surface area contributed by atoms with Crippen molar-refractivity contribution in [1.29, 1.82) is 0 Å². The van der Waals surface area contributed by atoms with E-state index in [1.807, 2.05) is 0 Å². The Hall–Kier alpha value is -2.58. The largest absolute Gasteiger partial charge is 0.339 e. The molecule has 0 atom stereocenters. The summed E-state index contributed by atoms with van der Waals surface area (Å²) in [6.45, 7) is 1.60. The normalized spacial score (nSPS) is 13.8. The summed E-state index contributed by atoms with van der Waals surface area (Å²) < 4.78 is 25.6. The van der Waals surface area contributed by atoms with Crippen LogP contribution in [0.3, 0.4) is 0 Å². The third-order valence-electron chi connectivity index (χ3n) is 5.09. The first kappa shape index (κ1) is 23.1. The lowest BCUT2D eigenvalue weighted by Gasteiger charge is -2.22. The number of hydrogen-bond donors (Lipinski definition) is 1. The van der Waals surface area contributed by atoms with Gasteiger partial charge in [0.05, 0.1) is 23.2 Å². The molecule has 166 valence electrons. The molecule has 9 heteroatoms. The first-order valence-electron chi connectivity index (χ1n) is 10.2. The molecule has 1 N–H and O–H groups in total. The number of benzene rings is 2. The number of carbonyl (C=O) groups excluding carboxylic acids is 2. The van der Waals surface area contributed by atoms with Gasteiger partial charge in [-0.15, -0.1) is 0 Å². The summed E-state index contributed by atoms with van der Waals surface area (Å²) in [6.07, 6.45) is 3.52. The number of anilines is 2. The van der Waals surface area contributed by atoms with Crippen LogP contribution in [0.15, 0.2) is 48.5 Å². The molecule has 3 rings (SSSR count). The minimum absolute atomic E-state index is 0.0855. The van der Waals surface area contributed by atoms with E-state index in [0.717, 1.165) is 32.2 Å². The minimum Gasteiger partial charge on any atom is -0.339 e. The van der Waals surface area contributed by atoms with Gasteiger partial charge in [0.15, 0.2) is 0 Å². The second kappa shape index (κ2) is 10.2. The van der Waals surface area contributed by atoms with Crippen LogP contribution in [-0.4, -0.2) is 51.0 Å². The Bertz CT molecular complexity index is 1050. The molecule has 0 aliphatic carbocycles. The lowest BCUT2D eigenvalue weighted by molar-refractivity contribution is -0.116. The molecule has 2 aromatic rings. The second-order valence-corrected chi connectivity index (χ2v) is 9.85. The maximum Gasteiger partial charge on any atom is 0.255 e. The standard InChI is InChI=1S/C22H26ClN3O4S/c1-31(29,30)26(18-9-6-8-17(23)16-18)15-7-12-21(27)24-20-11-3-2-10-19(20)22(28)25-13-4-5-14-25/h2-3,6,8-11,16H,4-5,7,12-15H2,1H3,(H,24,27). The van der Waals surface area contributed by atoms with Crippen molar-refractivity contribution in [3.63, 3.8) is 0 Å². The fourth-order valence-electron chi connectivity index (χ4n) is 3.58. The molecule has 0 bridgehead atoms. The molecule has 1 saturated heterocycles. The van der Waals surface area contributed by atoms with E-state index < -0.39 is 10.0 Å². The Balaban J connectivity index is 1.62. The molecule has 0 unspecified atom stereocenters. The summed E-state index contributed by atoms with van der Waals surface area (Å²) >= 11 is 5.98. The highest BCUT2D eigenvalue weighted by molar-refractivity contribution is 7.92. The molecule has 1 heterocycles. The molecular weight excluding hydrogens is 438 g/mol. The lowest BCUT2D eigenvalue weighted by Crippen LogP contribution is -2.31. The van der Waals surface area contributed by atoms with E-state index in [1.54, 1.807) is 53.4 Å². The number of likely N-dealkylation sites (tertiary alicyclic amines) is 1. The van der Waals surface area contributed by atoms with Gasteiger partial charge < -0.3 is 10.2 Å². The summed E-state index contributed by atoms with van der Waals surface area (Å²) in [6, 6.07) is 13.5. The number of nitrogens with one attached hydrogen (secondary N) is 1. The SMILES string of the molecule is CS(=O)(=O)N(CCCC(=O)Nc1ccccc1C(=O)N1CCCC1)c1cccc(Cl)c1. The second-order valence-electron chi connectivity index (χ2n) is 7.51. The van der Waals surface area contributed by atoms with Gasteiger partial charge >= 0.3 is 0 Å². The van der Waals surface area contributed by atoms with E-state index in [1.165, 1.54) is 4.31 Å². The number of para-hydroxylation sites is 1. The lowest BCUT2D eigenvalue weighted by atomic mass is 10.1. The van der Waals surface area contributed by atoms with E-state index in [-0.39, 0.29) is 24.8 Å². The van der Waals surface area contributed by atoms with Crippen molar-refractivity contribution in [2.75, 3.05) is 35.5 Å². The van der Waals surface area contributed by atoms with Crippen LogP contribution >= 0.6 is 11.6 Å². The first-order chi connectivity index (χ1) is 14.8. The highest BCUT2D eigenvalue weighted by atomic mass is 35.5. The van der Waals surface area contributed by atoms with E-state index in [4.69, 9.17) is 11.6 Å². The van der Waals surface area contributed by atoms with Gasteiger partial charge in [0.25, 0.3) is 5.91 Å². The van der Waals surface area contributed by atoms with Crippen molar-refractivity contribution in [3.05, 3.63) is 59.1 Å². The average Bonchev–Trinajstić information content (AvgIpc) is 3.25. The number of rotatable bonds is 8. The number of hydrogen-bond acceptors (Lipinski definition) is 4. The molecule has 1 fully saturated rings. The summed E-state index contributed by atoms with van der Waals surface area (Å²) in [5.41, 5.74) is 1.39. The van der Waals surface area contributed by atoms with Crippen LogP contribution in [0.5, 0.6) is 0 Å². The van der Waals surface area contributed by atoms with Gasteiger partial charge in [-0.25, -0.2) is 8.42 Å². The summed E-state index contributed by atoms with van der Waals surface area (Å²) in [5.74, 6) is -0.362. The van der Waals surface area contributed by atoms with Gasteiger partial charge in [0.1, 0.15) is 0 Å². The van der Waals surface area contributed by atoms with Crippen LogP contribution in [0.4, 0.5) is 11.4 Å². The van der Waals surface area contributed by atoms with Crippen molar-refractivity contribution >= 4 is 44.8 Å². The molecule has 2 amide bonds. The highest BCUT2D eigenvalue weighted by Crippen LogP contribution is 2.23. The van der Waals surface area contributed by atoms with Crippen molar-refractivity contribution in [2.24, 2.45) is 0 Å². The van der Waals surface area contributed by atoms with Crippen LogP contribution in [0, 0.1) is 0 Å². The van der Waals surface area contributed by atoms with Gasteiger partial charge in [-0.05, 0) is 49.6 Å². The quantitative estimate of drug-likeness (QED) is 0.645. The number of carbonyl (C=O) groups is 2. The molecule has 7 nitrogen and oxygen atoms in total. The van der Waals surface area contributed by atoms with Crippen LogP contribution in [0.1, 0.15) is 36.0 Å². The fraction of sp³-hybridized carbons (Fsp3) is 0.364. The topological polar surface area (TPSA) is 86.8 Å². The highest BCUT2D eigenvalue weighted by Gasteiger charge is 2.22. The Morgan fingerprint density at radius 1 is 1.10 bits per heavy atom. The molecular formula is C22H26ClN3O4S. The number of nitrogens with zero attached hydrogens (tertiary/aromatic N) is 2. The summed E-state index contributed by atoms with van der Waals surface area (Å²) in [5, 5.41) is 3.23. The van der Waals surface area contributed by atoms with Crippen molar-refractivity contribution in [1.82, 2.24) is 4.90 Å². The Kier molecular flexibility index (Phi) is 7.56. The van der Waals surface area contributed by atoms with E-state index in [9.17, 15) is 18.0 Å². The zero-order valence-corrected chi connectivity index (χ0v) is 19.0. The van der Waals surface area contributed by atoms with Crippen molar-refractivity contribution in [3.8, 4) is 0 Å². The van der Waals surface area contributed by atoms with E-state index >= 15 is 0 Å². The number of halogens is 1. The third kappa shape index (κ3) is 6.21. The molecule has 31 heavy (non-hydrogen) atoms. The predicted molar refractivity (Wildman–Crippen MR) is 123 cm³/mol. The van der Waals surface area contributed by atoms with Crippen LogP contribution in [-0.2, 0) is 14.8 Å². The molecule has 0 spiro atoms. The van der Waals surface area contributed by atoms with Gasteiger partial charge in [-0.2, -0.15) is 0 Å². The van der Waals surface area contributed by atoms with Crippen molar-refractivity contribution in [2.45, 2.75) is 25.7 Å². The zero-order chi connectivity index (χ0) is 22.4. The molecule has 0 saturated carbocycles. The van der Waals surface area contributed by atoms with E-state index in [2.05, 4.69) is 5.32 Å². The van der Waals surface area contributed by atoms with Crippen molar-refractivity contribution < 1.29 is 18.0 Å². The number of sulfonamides is 1. The fourth-order valence-corrected chi connectivity index (χ4v) is 4.72. The third-order valence-corrected chi connectivity index (χ3v) is 6.52. The molecule has 2 aromatic carbocycles. The summed E-state index contributed by atoms with van der Waals surface area (Å²) in [4.78, 5) is 27.0. The maximum absolute atomic E-state index is 12.7. The van der Waals surface area contributed by atoms with Gasteiger partial charge in [0.2, 0.25) is 15.9 Å². The summed E-state index contributed by atoms with van der Waals surface area (Å²) in [7, 11) is -3.53. The average molecular weight is 464 g/mol. The van der Waals surface area contributed by atoms with E-state index in [0.29, 0.717) is 28.4 Å². The minimum atomic E-state index is -3.53. The maximum atomic E-state index is 12.7. The van der Waals surface area contributed by atoms with Crippen LogP contribution in [0.2, 0.25) is 5.02 Å². The Labute approximate surface area is 188 Å². The molecule has 1 aliphatic heterocycles. The van der Waals surface area contributed by atoms with Gasteiger partial charge in [0, 0.05) is 31.1 Å². The number of amides is 2. The smallest absolute Gasteiger partial charge is 0.255 e. The van der Waals surface area contributed by atoms with Crippen LogP contribution in [0.25, 0.3) is 0 Å². The Morgan fingerprint density at radius 2 is 1.81 bits per heavy atom. The first-order valence-corrected chi connectivity index (χ1v) is 12.4. The molecule has 0 radical (unpaired) electrons. The zero-order valence-electron chi connectivity index (χ0n) is 17.4. The van der Waals surface area contributed by atoms with Crippen LogP contribution < -0.4 is 9.62 Å². The van der Waals surface area contributed by atoms with Gasteiger partial charge in [-0.1, -0.05) is 29.8 Å². The predicted octanol–water partition coefficient (Wildman–Crippen LogP) is 3.76. The Morgan fingerprint density at radius 3 is 2.48 bits per heavy atom.